The van der Waals surface area contributed by atoms with Crippen molar-refractivity contribution in [1.82, 2.24) is 15.1 Å². The van der Waals surface area contributed by atoms with Crippen LogP contribution in [0.25, 0.3) is 0 Å². The van der Waals surface area contributed by atoms with Crippen molar-refractivity contribution in [2.24, 2.45) is 7.05 Å². The van der Waals surface area contributed by atoms with Gasteiger partial charge < -0.3 is 10.4 Å². The van der Waals surface area contributed by atoms with Crippen LogP contribution in [0.3, 0.4) is 0 Å². The molecule has 1 heterocycles. The maximum Gasteiger partial charge on any atom is 0.0693 e. The second-order valence-electron chi connectivity index (χ2n) is 4.36. The first-order valence-corrected chi connectivity index (χ1v) is 5.57. The minimum absolute atomic E-state index is 0.165. The average molecular weight is 209 g/mol. The van der Waals surface area contributed by atoms with E-state index < -0.39 is 0 Å². The van der Waals surface area contributed by atoms with Crippen LogP contribution in [0, 0.1) is 6.92 Å². The minimum atomic E-state index is -0.165. The zero-order valence-electron chi connectivity index (χ0n) is 9.40. The Labute approximate surface area is 90.3 Å². The molecule has 2 unspecified atom stereocenters. The monoisotopic (exact) mass is 209 g/mol. The van der Waals surface area contributed by atoms with E-state index in [2.05, 4.69) is 17.3 Å². The lowest BCUT2D eigenvalue weighted by Gasteiger charge is -2.15. The number of aromatic nitrogens is 2. The van der Waals surface area contributed by atoms with Crippen molar-refractivity contribution < 1.29 is 5.11 Å². The normalized spacial score (nSPS) is 26.1. The third-order valence-electron chi connectivity index (χ3n) is 3.37. The minimum Gasteiger partial charge on any atom is -0.392 e. The fourth-order valence-corrected chi connectivity index (χ4v) is 2.14. The van der Waals surface area contributed by atoms with E-state index in [-0.39, 0.29) is 12.1 Å². The zero-order valence-corrected chi connectivity index (χ0v) is 9.40. The first-order valence-electron chi connectivity index (χ1n) is 5.57. The van der Waals surface area contributed by atoms with E-state index in [0.29, 0.717) is 0 Å². The van der Waals surface area contributed by atoms with Crippen molar-refractivity contribution in [2.75, 3.05) is 0 Å². The molecule has 2 rings (SSSR count). The van der Waals surface area contributed by atoms with Gasteiger partial charge in [-0.2, -0.15) is 5.10 Å². The van der Waals surface area contributed by atoms with Gasteiger partial charge in [0, 0.05) is 30.9 Å². The van der Waals surface area contributed by atoms with Crippen LogP contribution in [0.5, 0.6) is 0 Å². The molecule has 0 bridgehead atoms. The topological polar surface area (TPSA) is 50.1 Å². The molecule has 1 fully saturated rings. The number of aliphatic hydroxyl groups excluding tert-OH is 1. The molecule has 4 heteroatoms. The van der Waals surface area contributed by atoms with Crippen molar-refractivity contribution in [2.45, 2.75) is 44.9 Å². The molecule has 1 aromatic heterocycles. The molecule has 2 atom stereocenters. The number of nitrogens with zero attached hydrogens (tertiary/aromatic N) is 2. The van der Waals surface area contributed by atoms with E-state index in [1.54, 1.807) is 0 Å². The van der Waals surface area contributed by atoms with Gasteiger partial charge in [-0.3, -0.25) is 4.68 Å². The number of rotatable bonds is 3. The van der Waals surface area contributed by atoms with Gasteiger partial charge in [0.2, 0.25) is 0 Å². The fourth-order valence-electron chi connectivity index (χ4n) is 2.14. The molecule has 0 spiro atoms. The molecular weight excluding hydrogens is 190 g/mol. The van der Waals surface area contributed by atoms with Gasteiger partial charge in [0.1, 0.15) is 0 Å². The predicted octanol–water partition coefficient (Wildman–Crippen LogP) is 0.732. The summed E-state index contributed by atoms with van der Waals surface area (Å²) in [6.07, 6.45) is 4.88. The third kappa shape index (κ3) is 2.21. The summed E-state index contributed by atoms with van der Waals surface area (Å²) in [5.41, 5.74) is 2.41. The van der Waals surface area contributed by atoms with E-state index in [1.165, 1.54) is 11.3 Å². The lowest BCUT2D eigenvalue weighted by molar-refractivity contribution is 0.148. The van der Waals surface area contributed by atoms with Crippen molar-refractivity contribution in [1.29, 1.82) is 0 Å². The van der Waals surface area contributed by atoms with Crippen LogP contribution < -0.4 is 5.32 Å². The Balaban J connectivity index is 1.90. The van der Waals surface area contributed by atoms with Crippen LogP contribution >= 0.6 is 0 Å². The van der Waals surface area contributed by atoms with Crippen LogP contribution in [0.15, 0.2) is 6.20 Å². The van der Waals surface area contributed by atoms with Gasteiger partial charge in [0.25, 0.3) is 0 Å². The van der Waals surface area contributed by atoms with Crippen LogP contribution in [0.4, 0.5) is 0 Å². The summed E-state index contributed by atoms with van der Waals surface area (Å²) in [6.45, 7) is 2.87. The summed E-state index contributed by atoms with van der Waals surface area (Å²) in [7, 11) is 1.95. The molecule has 0 amide bonds. The van der Waals surface area contributed by atoms with Gasteiger partial charge in [0.15, 0.2) is 0 Å². The lowest BCUT2D eigenvalue weighted by Crippen LogP contribution is -2.35. The standard InChI is InChI=1S/C11H19N3O/c1-8-9(7-13-14(8)2)6-12-10-4-3-5-11(10)15/h7,10-12,15H,3-6H2,1-2H3. The van der Waals surface area contributed by atoms with E-state index >= 15 is 0 Å². The molecule has 0 radical (unpaired) electrons. The van der Waals surface area contributed by atoms with Crippen molar-refractivity contribution >= 4 is 0 Å². The van der Waals surface area contributed by atoms with Crippen LogP contribution in [-0.2, 0) is 13.6 Å². The largest absolute Gasteiger partial charge is 0.392 e. The summed E-state index contributed by atoms with van der Waals surface area (Å²) in [5, 5.41) is 17.3. The van der Waals surface area contributed by atoms with Gasteiger partial charge in [-0.1, -0.05) is 0 Å². The van der Waals surface area contributed by atoms with E-state index in [4.69, 9.17) is 0 Å². The highest BCUT2D eigenvalue weighted by molar-refractivity contribution is 5.15. The number of aliphatic hydroxyl groups is 1. The third-order valence-corrected chi connectivity index (χ3v) is 3.37. The molecule has 2 N–H and O–H groups in total. The summed E-state index contributed by atoms with van der Waals surface area (Å²) in [5.74, 6) is 0. The molecular formula is C11H19N3O. The Bertz CT molecular complexity index is 335. The Kier molecular flexibility index (Phi) is 3.07. The highest BCUT2D eigenvalue weighted by atomic mass is 16.3. The molecule has 0 aromatic carbocycles. The number of aryl methyl sites for hydroxylation is 1. The quantitative estimate of drug-likeness (QED) is 0.771. The summed E-state index contributed by atoms with van der Waals surface area (Å²) >= 11 is 0. The molecule has 1 aromatic rings. The lowest BCUT2D eigenvalue weighted by atomic mass is 10.2. The molecule has 0 aliphatic heterocycles. The first-order chi connectivity index (χ1) is 7.18. The second-order valence-corrected chi connectivity index (χ2v) is 4.36. The molecule has 1 saturated carbocycles. The van der Waals surface area contributed by atoms with Gasteiger partial charge in [-0.15, -0.1) is 0 Å². The Hall–Kier alpha value is -0.870. The summed E-state index contributed by atoms with van der Waals surface area (Å²) in [6, 6.07) is 0.268. The van der Waals surface area contributed by atoms with Crippen molar-refractivity contribution in [3.05, 3.63) is 17.5 Å². The first kappa shape index (κ1) is 10.6. The van der Waals surface area contributed by atoms with Crippen molar-refractivity contribution in [3.8, 4) is 0 Å². The molecule has 84 valence electrons. The van der Waals surface area contributed by atoms with Gasteiger partial charge in [-0.05, 0) is 26.2 Å². The summed E-state index contributed by atoms with van der Waals surface area (Å²) in [4.78, 5) is 0. The highest BCUT2D eigenvalue weighted by Gasteiger charge is 2.24. The molecule has 0 saturated heterocycles. The molecule has 4 nitrogen and oxygen atoms in total. The smallest absolute Gasteiger partial charge is 0.0693 e. The predicted molar refractivity (Wildman–Crippen MR) is 58.4 cm³/mol. The average Bonchev–Trinajstić information content (AvgIpc) is 2.74. The number of hydrogen-bond donors (Lipinski definition) is 2. The van der Waals surface area contributed by atoms with E-state index in [9.17, 15) is 5.11 Å². The van der Waals surface area contributed by atoms with Crippen LogP contribution in [-0.4, -0.2) is 27.0 Å². The number of hydrogen-bond acceptors (Lipinski definition) is 3. The molecule has 15 heavy (non-hydrogen) atoms. The van der Waals surface area contributed by atoms with Gasteiger partial charge >= 0.3 is 0 Å². The van der Waals surface area contributed by atoms with Crippen molar-refractivity contribution in [3.63, 3.8) is 0 Å². The van der Waals surface area contributed by atoms with Gasteiger partial charge in [-0.25, -0.2) is 0 Å². The number of nitrogens with one attached hydrogen (secondary N) is 1. The molecule has 1 aliphatic rings. The highest BCUT2D eigenvalue weighted by Crippen LogP contribution is 2.19. The van der Waals surface area contributed by atoms with Crippen LogP contribution in [0.1, 0.15) is 30.5 Å². The van der Waals surface area contributed by atoms with E-state index in [1.807, 2.05) is 17.9 Å². The maximum absolute atomic E-state index is 9.66. The van der Waals surface area contributed by atoms with Gasteiger partial charge in [0.05, 0.1) is 12.3 Å². The SMILES string of the molecule is Cc1c(CNC2CCCC2O)cnn1C. The zero-order chi connectivity index (χ0) is 10.8. The van der Waals surface area contributed by atoms with Crippen LogP contribution in [0.2, 0.25) is 0 Å². The Morgan fingerprint density at radius 1 is 1.60 bits per heavy atom. The second kappa shape index (κ2) is 4.33. The Morgan fingerprint density at radius 3 is 2.93 bits per heavy atom. The summed E-state index contributed by atoms with van der Waals surface area (Å²) < 4.78 is 1.88. The Morgan fingerprint density at radius 2 is 2.40 bits per heavy atom. The fraction of sp³-hybridized carbons (Fsp3) is 0.727. The maximum atomic E-state index is 9.66. The van der Waals surface area contributed by atoms with E-state index in [0.717, 1.165) is 25.8 Å². The molecule has 1 aliphatic carbocycles.